The van der Waals surface area contributed by atoms with Crippen LogP contribution in [0.5, 0.6) is 0 Å². The average molecular weight is 530 g/mol. The third-order valence-electron chi connectivity index (χ3n) is 7.85. The molecular weight excluding hydrogens is 498 g/mol. The molecule has 0 bridgehead atoms. The van der Waals surface area contributed by atoms with Gasteiger partial charge in [-0.3, -0.25) is 9.58 Å². The molecule has 0 atom stereocenters. The number of anilines is 1. The van der Waals surface area contributed by atoms with Gasteiger partial charge in [0.15, 0.2) is 5.82 Å². The highest BCUT2D eigenvalue weighted by Gasteiger charge is 2.19. The van der Waals surface area contributed by atoms with Crippen LogP contribution in [0.2, 0.25) is 0 Å². The summed E-state index contributed by atoms with van der Waals surface area (Å²) in [5.74, 6) is 0.440. The van der Waals surface area contributed by atoms with Gasteiger partial charge < -0.3 is 10.8 Å². The van der Waals surface area contributed by atoms with Crippen LogP contribution in [0.25, 0.3) is 38.8 Å². The maximum absolute atomic E-state index is 9.80. The highest BCUT2D eigenvalue weighted by molar-refractivity contribution is 5.94. The summed E-state index contributed by atoms with van der Waals surface area (Å²) in [6.45, 7) is 3.47. The van der Waals surface area contributed by atoms with E-state index in [4.69, 9.17) is 10.8 Å². The largest absolute Gasteiger partial charge is 0.393 e. The van der Waals surface area contributed by atoms with E-state index in [-0.39, 0.29) is 6.10 Å². The minimum Gasteiger partial charge on any atom is -0.393 e. The summed E-state index contributed by atoms with van der Waals surface area (Å²) in [5, 5.41) is 20.3. The molecule has 4 heterocycles. The molecule has 40 heavy (non-hydrogen) atoms. The van der Waals surface area contributed by atoms with Crippen LogP contribution < -0.4 is 5.73 Å². The van der Waals surface area contributed by atoms with Gasteiger partial charge in [0.1, 0.15) is 11.8 Å². The Balaban J connectivity index is 1.21. The van der Waals surface area contributed by atoms with Gasteiger partial charge >= 0.3 is 0 Å². The Kier molecular flexibility index (Phi) is 6.26. The molecule has 0 saturated carbocycles. The van der Waals surface area contributed by atoms with E-state index in [2.05, 4.69) is 81.8 Å². The lowest BCUT2D eigenvalue weighted by Gasteiger charge is -2.29. The first-order chi connectivity index (χ1) is 19.6. The van der Waals surface area contributed by atoms with Crippen molar-refractivity contribution in [2.75, 3.05) is 18.8 Å². The number of benzene rings is 3. The number of aliphatic hydroxyl groups excluding tert-OH is 1. The van der Waals surface area contributed by atoms with E-state index in [0.717, 1.165) is 77.8 Å². The van der Waals surface area contributed by atoms with E-state index >= 15 is 0 Å². The second-order valence-electron chi connectivity index (χ2n) is 10.6. The molecule has 0 unspecified atom stereocenters. The molecule has 3 N–H and O–H groups in total. The lowest BCUT2D eigenvalue weighted by Crippen LogP contribution is -2.35. The molecular formula is C32H31N7O. The number of piperidine rings is 1. The summed E-state index contributed by atoms with van der Waals surface area (Å²) < 4.78 is 3.87. The molecule has 0 aliphatic carbocycles. The Morgan fingerprint density at radius 1 is 0.850 bits per heavy atom. The van der Waals surface area contributed by atoms with Crippen molar-refractivity contribution in [3.8, 4) is 22.4 Å². The lowest BCUT2D eigenvalue weighted by molar-refractivity contribution is 0.0792. The van der Waals surface area contributed by atoms with Crippen LogP contribution >= 0.6 is 0 Å². The van der Waals surface area contributed by atoms with Gasteiger partial charge in [0, 0.05) is 42.3 Å². The van der Waals surface area contributed by atoms with Crippen molar-refractivity contribution in [1.29, 1.82) is 0 Å². The number of nitrogen functional groups attached to an aromatic ring is 1. The van der Waals surface area contributed by atoms with E-state index in [9.17, 15) is 5.11 Å². The Hall–Kier alpha value is -4.53. The van der Waals surface area contributed by atoms with Crippen LogP contribution in [-0.4, -0.2) is 53.6 Å². The van der Waals surface area contributed by atoms with Crippen molar-refractivity contribution in [3.63, 3.8) is 0 Å². The van der Waals surface area contributed by atoms with Crippen LogP contribution in [0, 0.1) is 0 Å². The van der Waals surface area contributed by atoms with Crippen LogP contribution in [0.3, 0.4) is 0 Å². The highest BCUT2D eigenvalue weighted by atomic mass is 16.3. The third-order valence-corrected chi connectivity index (χ3v) is 7.85. The van der Waals surface area contributed by atoms with E-state index in [1.54, 1.807) is 0 Å². The van der Waals surface area contributed by atoms with Crippen LogP contribution in [0.1, 0.15) is 24.0 Å². The molecule has 8 nitrogen and oxygen atoms in total. The van der Waals surface area contributed by atoms with Gasteiger partial charge in [-0.25, -0.2) is 9.50 Å². The minimum absolute atomic E-state index is 0.157. The SMILES string of the molecule is Nc1ncnn2c(-c3ccc(CN4CCC(O)CC4)cc3)cc(-c3ccc4cn(Cc5ccccc5)nc4c3)c12. The number of rotatable bonds is 6. The molecule has 3 aromatic carbocycles. The molecule has 7 rings (SSSR count). The fourth-order valence-corrected chi connectivity index (χ4v) is 5.70. The first-order valence-corrected chi connectivity index (χ1v) is 13.7. The smallest absolute Gasteiger partial charge is 0.152 e. The molecule has 0 amide bonds. The number of aliphatic hydroxyl groups is 1. The van der Waals surface area contributed by atoms with Crippen molar-refractivity contribution in [2.45, 2.75) is 32.0 Å². The van der Waals surface area contributed by atoms with Crippen molar-refractivity contribution in [2.24, 2.45) is 0 Å². The number of hydrogen-bond donors (Lipinski definition) is 2. The van der Waals surface area contributed by atoms with Gasteiger partial charge in [0.2, 0.25) is 0 Å². The number of nitrogens with two attached hydrogens (primary N) is 1. The Labute approximate surface area is 232 Å². The second kappa shape index (κ2) is 10.2. The summed E-state index contributed by atoms with van der Waals surface area (Å²) >= 11 is 0. The first kappa shape index (κ1) is 24.5. The molecule has 1 saturated heterocycles. The monoisotopic (exact) mass is 529 g/mol. The molecule has 0 spiro atoms. The van der Waals surface area contributed by atoms with Crippen molar-refractivity contribution < 1.29 is 5.11 Å². The third kappa shape index (κ3) is 4.72. The Morgan fingerprint density at radius 3 is 2.40 bits per heavy atom. The number of aromatic nitrogens is 5. The normalized spacial score (nSPS) is 14.8. The molecule has 8 heteroatoms. The molecule has 1 aliphatic heterocycles. The van der Waals surface area contributed by atoms with E-state index < -0.39 is 0 Å². The predicted molar refractivity (Wildman–Crippen MR) is 158 cm³/mol. The van der Waals surface area contributed by atoms with Crippen molar-refractivity contribution >= 4 is 22.2 Å². The topological polar surface area (TPSA) is 97.5 Å². The van der Waals surface area contributed by atoms with Gasteiger partial charge in [-0.2, -0.15) is 10.2 Å². The first-order valence-electron chi connectivity index (χ1n) is 13.7. The van der Waals surface area contributed by atoms with Crippen LogP contribution in [0.15, 0.2) is 91.4 Å². The standard InChI is InChI=1S/C32H31N7O/c33-32-31-28(25-10-11-26-20-38(36-29(26)16-25)19-22-4-2-1-3-5-22)17-30(39(31)35-21-34-32)24-8-6-23(7-9-24)18-37-14-12-27(40)13-15-37/h1-11,16-17,20-21,27,40H,12-15,18-19H2,(H2,33,34,35). The maximum atomic E-state index is 9.80. The quantitative estimate of drug-likeness (QED) is 0.315. The fourth-order valence-electron chi connectivity index (χ4n) is 5.70. The second-order valence-corrected chi connectivity index (χ2v) is 10.6. The molecule has 6 aromatic rings. The minimum atomic E-state index is -0.157. The summed E-state index contributed by atoms with van der Waals surface area (Å²) in [6.07, 6.45) is 5.12. The number of hydrogen-bond acceptors (Lipinski definition) is 6. The van der Waals surface area contributed by atoms with E-state index in [1.165, 1.54) is 17.5 Å². The molecule has 1 fully saturated rings. The summed E-state index contributed by atoms with van der Waals surface area (Å²) in [6, 6.07) is 27.5. The summed E-state index contributed by atoms with van der Waals surface area (Å²) in [5.41, 5.74) is 14.6. The fraction of sp³-hybridized carbons (Fsp3) is 0.219. The molecule has 1 aliphatic rings. The zero-order valence-electron chi connectivity index (χ0n) is 22.2. The van der Waals surface area contributed by atoms with Crippen molar-refractivity contribution in [3.05, 3.63) is 103 Å². The maximum Gasteiger partial charge on any atom is 0.152 e. The molecule has 0 radical (unpaired) electrons. The number of fused-ring (bicyclic) bond motifs is 2. The average Bonchev–Trinajstić information content (AvgIpc) is 3.57. The van der Waals surface area contributed by atoms with E-state index in [0.29, 0.717) is 5.82 Å². The van der Waals surface area contributed by atoms with Gasteiger partial charge in [0.25, 0.3) is 0 Å². The Morgan fingerprint density at radius 2 is 1.60 bits per heavy atom. The molecule has 3 aromatic heterocycles. The zero-order chi connectivity index (χ0) is 27.1. The van der Waals surface area contributed by atoms with Gasteiger partial charge in [-0.15, -0.1) is 0 Å². The number of likely N-dealkylation sites (tertiary alicyclic amines) is 1. The highest BCUT2D eigenvalue weighted by Crippen LogP contribution is 2.36. The Bertz CT molecular complexity index is 1780. The molecule has 200 valence electrons. The van der Waals surface area contributed by atoms with E-state index in [1.807, 2.05) is 27.4 Å². The van der Waals surface area contributed by atoms with Gasteiger partial charge in [0.05, 0.1) is 23.9 Å². The van der Waals surface area contributed by atoms with Gasteiger partial charge in [-0.1, -0.05) is 66.7 Å². The predicted octanol–water partition coefficient (Wildman–Crippen LogP) is 5.00. The van der Waals surface area contributed by atoms with Gasteiger partial charge in [-0.05, 0) is 41.7 Å². The van der Waals surface area contributed by atoms with Crippen LogP contribution in [0.4, 0.5) is 5.82 Å². The van der Waals surface area contributed by atoms with Crippen molar-refractivity contribution in [1.82, 2.24) is 29.3 Å². The van der Waals surface area contributed by atoms with Crippen LogP contribution in [-0.2, 0) is 13.1 Å². The zero-order valence-corrected chi connectivity index (χ0v) is 22.2. The summed E-state index contributed by atoms with van der Waals surface area (Å²) in [7, 11) is 0. The number of nitrogens with zero attached hydrogens (tertiary/aromatic N) is 6. The summed E-state index contributed by atoms with van der Waals surface area (Å²) in [4.78, 5) is 6.70. The lowest BCUT2D eigenvalue weighted by atomic mass is 10.0.